The summed E-state index contributed by atoms with van der Waals surface area (Å²) in [6, 6.07) is 18.3. The zero-order valence-electron chi connectivity index (χ0n) is 16.4. The van der Waals surface area contributed by atoms with Crippen LogP contribution < -0.4 is 10.1 Å². The Bertz CT molecular complexity index is 1240. The molecule has 1 aliphatic heterocycles. The lowest BCUT2D eigenvalue weighted by Gasteiger charge is -2.13. The van der Waals surface area contributed by atoms with Gasteiger partial charge in [-0.05, 0) is 52.4 Å². The smallest absolute Gasteiger partial charge is 0.294 e. The third-order valence-corrected chi connectivity index (χ3v) is 5.92. The van der Waals surface area contributed by atoms with Gasteiger partial charge >= 0.3 is 0 Å². The number of hydrogen-bond acceptors (Lipinski definition) is 5. The van der Waals surface area contributed by atoms with Crippen LogP contribution in [-0.4, -0.2) is 35.6 Å². The van der Waals surface area contributed by atoms with Crippen LogP contribution in [-0.2, 0) is 9.59 Å². The number of imide groups is 1. The maximum atomic E-state index is 12.8. The van der Waals surface area contributed by atoms with Gasteiger partial charge in [-0.2, -0.15) is 0 Å². The molecule has 1 saturated heterocycles. The van der Waals surface area contributed by atoms with Gasteiger partial charge in [-0.25, -0.2) is 0 Å². The summed E-state index contributed by atoms with van der Waals surface area (Å²) in [6.45, 7) is -0.388. The van der Waals surface area contributed by atoms with Gasteiger partial charge in [0, 0.05) is 5.69 Å². The van der Waals surface area contributed by atoms with Gasteiger partial charge in [-0.3, -0.25) is 19.3 Å². The summed E-state index contributed by atoms with van der Waals surface area (Å²) in [4.78, 5) is 38.8. The fourth-order valence-electron chi connectivity index (χ4n) is 3.24. The number of halogens is 1. The number of amides is 3. The van der Waals surface area contributed by atoms with Crippen LogP contribution in [0.15, 0.2) is 65.6 Å². The first-order chi connectivity index (χ1) is 15.0. The number of nitrogens with one attached hydrogen (secondary N) is 1. The average Bonchev–Trinajstić information content (AvgIpc) is 3.01. The fraction of sp³-hybridized carbons (Fsp3) is 0.0870. The second kappa shape index (κ2) is 8.83. The van der Waals surface area contributed by atoms with Crippen molar-refractivity contribution in [1.82, 2.24) is 4.90 Å². The van der Waals surface area contributed by atoms with Crippen molar-refractivity contribution in [3.05, 3.63) is 76.2 Å². The Morgan fingerprint density at radius 1 is 1.13 bits per heavy atom. The highest BCUT2D eigenvalue weighted by Crippen LogP contribution is 2.33. The maximum absolute atomic E-state index is 12.8. The number of ether oxygens (including phenoxy) is 1. The minimum atomic E-state index is -0.505. The van der Waals surface area contributed by atoms with Crippen molar-refractivity contribution in [3.8, 4) is 5.75 Å². The number of methoxy groups -OCH3 is 1. The van der Waals surface area contributed by atoms with E-state index in [-0.39, 0.29) is 11.4 Å². The topological polar surface area (TPSA) is 75.7 Å². The summed E-state index contributed by atoms with van der Waals surface area (Å²) in [7, 11) is 1.49. The first-order valence-electron chi connectivity index (χ1n) is 9.33. The van der Waals surface area contributed by atoms with Crippen LogP contribution in [0.2, 0.25) is 5.02 Å². The molecule has 6 nitrogen and oxygen atoms in total. The van der Waals surface area contributed by atoms with Crippen molar-refractivity contribution in [3.63, 3.8) is 0 Å². The Hall–Kier alpha value is -3.29. The molecule has 4 rings (SSSR count). The molecule has 3 aromatic rings. The van der Waals surface area contributed by atoms with Gasteiger partial charge in [0.15, 0.2) is 0 Å². The Balaban J connectivity index is 1.50. The van der Waals surface area contributed by atoms with Crippen LogP contribution in [0.5, 0.6) is 5.75 Å². The van der Waals surface area contributed by atoms with Gasteiger partial charge in [0.1, 0.15) is 12.3 Å². The van der Waals surface area contributed by atoms with E-state index in [4.69, 9.17) is 16.3 Å². The van der Waals surface area contributed by atoms with Crippen LogP contribution in [0.1, 0.15) is 5.56 Å². The van der Waals surface area contributed by atoms with E-state index in [0.717, 1.165) is 33.0 Å². The molecule has 0 aliphatic carbocycles. The number of nitrogens with zero attached hydrogens (tertiary/aromatic N) is 1. The fourth-order valence-corrected chi connectivity index (χ4v) is 4.33. The Kier molecular flexibility index (Phi) is 5.97. The highest BCUT2D eigenvalue weighted by atomic mass is 35.5. The summed E-state index contributed by atoms with van der Waals surface area (Å²) < 4.78 is 5.08. The van der Waals surface area contributed by atoms with Gasteiger partial charge in [-0.15, -0.1) is 0 Å². The summed E-state index contributed by atoms with van der Waals surface area (Å²) in [5, 5.41) is 4.50. The highest BCUT2D eigenvalue weighted by Gasteiger charge is 2.36. The normalized spacial score (nSPS) is 15.0. The van der Waals surface area contributed by atoms with E-state index in [0.29, 0.717) is 16.5 Å². The Morgan fingerprint density at radius 2 is 1.90 bits per heavy atom. The molecule has 0 saturated carbocycles. The number of hydrogen-bond donors (Lipinski definition) is 1. The van der Waals surface area contributed by atoms with Gasteiger partial charge < -0.3 is 10.1 Å². The molecule has 3 amide bonds. The first-order valence-corrected chi connectivity index (χ1v) is 10.5. The lowest BCUT2D eigenvalue weighted by atomic mass is 10.0. The quantitative estimate of drug-likeness (QED) is 0.540. The minimum Gasteiger partial charge on any atom is -0.495 e. The number of carbonyl (C=O) groups excluding carboxylic acids is 3. The second-order valence-corrected chi connectivity index (χ2v) is 8.13. The van der Waals surface area contributed by atoms with Crippen molar-refractivity contribution < 1.29 is 19.1 Å². The third-order valence-electron chi connectivity index (χ3n) is 4.72. The molecule has 3 aromatic carbocycles. The number of rotatable bonds is 5. The number of fused-ring (bicyclic) bond motifs is 1. The number of thioether (sulfide) groups is 1. The standard InChI is InChI=1S/C23H17ClN2O4S/c1-30-19-10-9-16(12-18(19)24)25-21(27)13-26-22(28)20(31-23(26)29)11-15-7-4-6-14-5-2-3-8-17(14)15/h2-12H,13H2,1H3,(H,25,27). The highest BCUT2D eigenvalue weighted by molar-refractivity contribution is 8.18. The molecule has 0 spiro atoms. The van der Waals surface area contributed by atoms with Crippen LogP contribution in [0.25, 0.3) is 16.8 Å². The Labute approximate surface area is 187 Å². The Morgan fingerprint density at radius 3 is 2.68 bits per heavy atom. The number of benzene rings is 3. The molecule has 1 N–H and O–H groups in total. The molecule has 1 aliphatic rings. The van der Waals surface area contributed by atoms with E-state index in [1.807, 2.05) is 42.5 Å². The summed E-state index contributed by atoms with van der Waals surface area (Å²) in [5.74, 6) is -0.523. The maximum Gasteiger partial charge on any atom is 0.294 e. The predicted octanol–water partition coefficient (Wildman–Crippen LogP) is 5.18. The zero-order valence-corrected chi connectivity index (χ0v) is 18.0. The zero-order chi connectivity index (χ0) is 22.0. The molecule has 0 unspecified atom stereocenters. The van der Waals surface area contributed by atoms with Crippen molar-refractivity contribution in [2.75, 3.05) is 19.0 Å². The largest absolute Gasteiger partial charge is 0.495 e. The summed E-state index contributed by atoms with van der Waals surface area (Å²) in [6.07, 6.45) is 1.69. The van der Waals surface area contributed by atoms with Crippen LogP contribution in [0.4, 0.5) is 10.5 Å². The van der Waals surface area contributed by atoms with Gasteiger partial charge in [-0.1, -0.05) is 54.1 Å². The molecule has 0 radical (unpaired) electrons. The van der Waals surface area contributed by atoms with Crippen molar-refractivity contribution >= 4 is 63.0 Å². The van der Waals surface area contributed by atoms with E-state index in [1.165, 1.54) is 13.2 Å². The lowest BCUT2D eigenvalue weighted by Crippen LogP contribution is -2.36. The van der Waals surface area contributed by atoms with E-state index >= 15 is 0 Å². The molecule has 0 bridgehead atoms. The minimum absolute atomic E-state index is 0.279. The van der Waals surface area contributed by atoms with Crippen LogP contribution in [0, 0.1) is 0 Å². The number of carbonyl (C=O) groups is 3. The average molecular weight is 453 g/mol. The molecule has 0 atom stereocenters. The summed E-state index contributed by atoms with van der Waals surface area (Å²) >= 11 is 6.88. The third kappa shape index (κ3) is 4.42. The van der Waals surface area contributed by atoms with E-state index in [2.05, 4.69) is 5.32 Å². The first kappa shape index (κ1) is 21.0. The molecule has 0 aromatic heterocycles. The molecular formula is C23H17ClN2O4S. The lowest BCUT2D eigenvalue weighted by molar-refractivity contribution is -0.127. The van der Waals surface area contributed by atoms with Gasteiger partial charge in [0.05, 0.1) is 17.0 Å². The molecule has 156 valence electrons. The van der Waals surface area contributed by atoms with E-state index < -0.39 is 17.1 Å². The second-order valence-electron chi connectivity index (χ2n) is 6.73. The SMILES string of the molecule is COc1ccc(NC(=O)CN2C(=O)SC(=Cc3cccc4ccccc34)C2=O)cc1Cl. The van der Waals surface area contributed by atoms with Gasteiger partial charge in [0.25, 0.3) is 11.1 Å². The monoisotopic (exact) mass is 452 g/mol. The molecule has 1 fully saturated rings. The van der Waals surface area contributed by atoms with E-state index in [1.54, 1.807) is 18.2 Å². The molecule has 1 heterocycles. The predicted molar refractivity (Wildman–Crippen MR) is 123 cm³/mol. The van der Waals surface area contributed by atoms with Crippen molar-refractivity contribution in [2.24, 2.45) is 0 Å². The van der Waals surface area contributed by atoms with Crippen LogP contribution in [0.3, 0.4) is 0 Å². The number of anilines is 1. The molecular weight excluding hydrogens is 436 g/mol. The molecule has 8 heteroatoms. The van der Waals surface area contributed by atoms with E-state index in [9.17, 15) is 14.4 Å². The van der Waals surface area contributed by atoms with Crippen LogP contribution >= 0.6 is 23.4 Å². The van der Waals surface area contributed by atoms with Gasteiger partial charge in [0.2, 0.25) is 5.91 Å². The van der Waals surface area contributed by atoms with Crippen molar-refractivity contribution in [2.45, 2.75) is 0 Å². The van der Waals surface area contributed by atoms with Crippen molar-refractivity contribution in [1.29, 1.82) is 0 Å². The summed E-state index contributed by atoms with van der Waals surface area (Å²) in [5.41, 5.74) is 1.27. The molecule has 31 heavy (non-hydrogen) atoms.